The summed E-state index contributed by atoms with van der Waals surface area (Å²) in [5.41, 5.74) is 1.40. The Morgan fingerprint density at radius 2 is 1.37 bits per heavy atom. The minimum atomic E-state index is -1.45. The highest BCUT2D eigenvalue weighted by Crippen LogP contribution is 2.27. The molecular formula is C17H30OSi. The van der Waals surface area contributed by atoms with Crippen LogP contribution in [0.5, 0.6) is 0 Å². The van der Waals surface area contributed by atoms with Gasteiger partial charge in [0.25, 0.3) is 0 Å². The van der Waals surface area contributed by atoms with Crippen molar-refractivity contribution in [2.24, 2.45) is 0 Å². The highest BCUT2D eigenvalue weighted by Gasteiger charge is 2.31. The van der Waals surface area contributed by atoms with Crippen LogP contribution >= 0.6 is 0 Å². The zero-order valence-corrected chi connectivity index (χ0v) is 14.0. The summed E-state index contributed by atoms with van der Waals surface area (Å²) >= 11 is 0. The Balaban J connectivity index is 2.51. The minimum absolute atomic E-state index is 0.913. The summed E-state index contributed by atoms with van der Waals surface area (Å²) < 4.78 is 6.49. The molecule has 0 radical (unpaired) electrons. The van der Waals surface area contributed by atoms with Gasteiger partial charge in [0.1, 0.15) is 0 Å². The molecule has 1 nitrogen and oxygen atoms in total. The monoisotopic (exact) mass is 278 g/mol. The predicted molar refractivity (Wildman–Crippen MR) is 87.1 cm³/mol. The summed E-state index contributed by atoms with van der Waals surface area (Å²) in [6.07, 6.45) is 4.89. The smallest absolute Gasteiger partial charge is 0.192 e. The van der Waals surface area contributed by atoms with Crippen LogP contribution in [0.4, 0.5) is 0 Å². The van der Waals surface area contributed by atoms with Crippen molar-refractivity contribution in [2.75, 3.05) is 6.61 Å². The largest absolute Gasteiger partial charge is 0.416 e. The zero-order chi connectivity index (χ0) is 14.0. The maximum absolute atomic E-state index is 6.49. The standard InChI is InChI=1S/C17H30OSi/c1-4-14-19(15-5-2,16-6-3)18-13-12-17-10-8-7-9-11-17/h7-11H,4-6,12-16H2,1-3H3. The van der Waals surface area contributed by atoms with Gasteiger partial charge >= 0.3 is 0 Å². The Morgan fingerprint density at radius 1 is 0.842 bits per heavy atom. The summed E-state index contributed by atoms with van der Waals surface area (Å²) in [4.78, 5) is 0. The minimum Gasteiger partial charge on any atom is -0.416 e. The molecule has 0 N–H and O–H groups in total. The van der Waals surface area contributed by atoms with Crippen LogP contribution < -0.4 is 0 Å². The van der Waals surface area contributed by atoms with Gasteiger partial charge in [-0.05, 0) is 30.1 Å². The molecule has 0 saturated heterocycles. The predicted octanol–water partition coefficient (Wildman–Crippen LogP) is 5.42. The summed E-state index contributed by atoms with van der Waals surface area (Å²) in [5.74, 6) is 0. The molecule has 1 rings (SSSR count). The molecule has 0 fully saturated rings. The molecule has 0 unspecified atom stereocenters. The molecule has 0 spiro atoms. The van der Waals surface area contributed by atoms with E-state index in [9.17, 15) is 0 Å². The molecule has 0 aliphatic carbocycles. The van der Waals surface area contributed by atoms with Crippen molar-refractivity contribution in [1.82, 2.24) is 0 Å². The van der Waals surface area contributed by atoms with Crippen molar-refractivity contribution in [3.05, 3.63) is 35.9 Å². The maximum Gasteiger partial charge on any atom is 0.192 e. The van der Waals surface area contributed by atoms with Crippen molar-refractivity contribution < 1.29 is 4.43 Å². The van der Waals surface area contributed by atoms with Crippen molar-refractivity contribution in [1.29, 1.82) is 0 Å². The van der Waals surface area contributed by atoms with Crippen molar-refractivity contribution in [3.8, 4) is 0 Å². The van der Waals surface area contributed by atoms with Crippen LogP contribution in [-0.4, -0.2) is 14.9 Å². The first-order valence-corrected chi connectivity index (χ1v) is 10.5. The van der Waals surface area contributed by atoms with E-state index in [-0.39, 0.29) is 0 Å². The van der Waals surface area contributed by atoms with Crippen LogP contribution in [0, 0.1) is 0 Å². The summed E-state index contributed by atoms with van der Waals surface area (Å²) in [6.45, 7) is 7.81. The van der Waals surface area contributed by atoms with Crippen LogP contribution in [-0.2, 0) is 10.8 Å². The lowest BCUT2D eigenvalue weighted by molar-refractivity contribution is 0.299. The third-order valence-corrected chi connectivity index (χ3v) is 8.81. The zero-order valence-electron chi connectivity index (χ0n) is 13.0. The van der Waals surface area contributed by atoms with E-state index in [2.05, 4.69) is 51.1 Å². The number of rotatable bonds is 10. The van der Waals surface area contributed by atoms with Crippen LogP contribution in [0.2, 0.25) is 18.1 Å². The molecule has 1 aromatic rings. The van der Waals surface area contributed by atoms with E-state index in [1.807, 2.05) is 0 Å². The fourth-order valence-electron chi connectivity index (χ4n) is 2.99. The van der Waals surface area contributed by atoms with E-state index in [0.29, 0.717) is 0 Å². The van der Waals surface area contributed by atoms with Crippen LogP contribution in [0.15, 0.2) is 30.3 Å². The van der Waals surface area contributed by atoms with E-state index in [1.54, 1.807) is 0 Å². The van der Waals surface area contributed by atoms with Gasteiger partial charge < -0.3 is 4.43 Å². The fraction of sp³-hybridized carbons (Fsp3) is 0.647. The lowest BCUT2D eigenvalue weighted by Crippen LogP contribution is -2.38. The Bertz CT molecular complexity index is 306. The van der Waals surface area contributed by atoms with E-state index in [4.69, 9.17) is 4.43 Å². The topological polar surface area (TPSA) is 9.23 Å². The second-order valence-electron chi connectivity index (χ2n) is 5.52. The highest BCUT2D eigenvalue weighted by atomic mass is 28.4. The molecule has 0 aromatic heterocycles. The van der Waals surface area contributed by atoms with Gasteiger partial charge in [0.05, 0.1) is 0 Å². The fourth-order valence-corrected chi connectivity index (χ4v) is 7.44. The lowest BCUT2D eigenvalue weighted by Gasteiger charge is -2.31. The van der Waals surface area contributed by atoms with Gasteiger partial charge in [-0.3, -0.25) is 0 Å². The molecule has 0 aliphatic rings. The molecule has 2 heteroatoms. The van der Waals surface area contributed by atoms with Crippen molar-refractivity contribution in [3.63, 3.8) is 0 Å². The number of hydrogen-bond donors (Lipinski definition) is 0. The Labute approximate surface area is 120 Å². The van der Waals surface area contributed by atoms with Crippen molar-refractivity contribution >= 4 is 8.32 Å². The quantitative estimate of drug-likeness (QED) is 0.519. The van der Waals surface area contributed by atoms with E-state index in [0.717, 1.165) is 13.0 Å². The van der Waals surface area contributed by atoms with E-state index in [1.165, 1.54) is 43.0 Å². The number of hydrogen-bond acceptors (Lipinski definition) is 1. The SMILES string of the molecule is CCC[Si](CCC)(CCC)OCCc1ccccc1. The average molecular weight is 279 g/mol. The first kappa shape index (κ1) is 16.5. The van der Waals surface area contributed by atoms with Gasteiger partial charge in [-0.15, -0.1) is 0 Å². The van der Waals surface area contributed by atoms with Crippen LogP contribution in [0.25, 0.3) is 0 Å². The third kappa shape index (κ3) is 5.92. The van der Waals surface area contributed by atoms with Crippen LogP contribution in [0.3, 0.4) is 0 Å². The molecule has 0 bridgehead atoms. The normalized spacial score (nSPS) is 11.7. The van der Waals surface area contributed by atoms with Gasteiger partial charge in [0, 0.05) is 6.61 Å². The average Bonchev–Trinajstić information content (AvgIpc) is 2.41. The summed E-state index contributed by atoms with van der Waals surface area (Å²) in [7, 11) is -1.45. The highest BCUT2D eigenvalue weighted by molar-refractivity contribution is 6.73. The Kier molecular flexibility index (Phi) is 8.07. The van der Waals surface area contributed by atoms with Gasteiger partial charge in [-0.1, -0.05) is 70.4 Å². The molecule has 0 aliphatic heterocycles. The lowest BCUT2D eigenvalue weighted by atomic mass is 10.2. The van der Waals surface area contributed by atoms with E-state index < -0.39 is 8.32 Å². The second-order valence-corrected chi connectivity index (χ2v) is 9.67. The first-order valence-electron chi connectivity index (χ1n) is 7.94. The Hall–Kier alpha value is -0.603. The molecule has 1 aromatic carbocycles. The number of benzene rings is 1. The maximum atomic E-state index is 6.49. The van der Waals surface area contributed by atoms with Gasteiger partial charge in [0.2, 0.25) is 0 Å². The molecule has 0 amide bonds. The molecule has 19 heavy (non-hydrogen) atoms. The van der Waals surface area contributed by atoms with E-state index >= 15 is 0 Å². The second kappa shape index (κ2) is 9.32. The van der Waals surface area contributed by atoms with Crippen LogP contribution in [0.1, 0.15) is 45.6 Å². The molecule has 0 heterocycles. The third-order valence-electron chi connectivity index (χ3n) is 3.76. The van der Waals surface area contributed by atoms with Gasteiger partial charge in [0.15, 0.2) is 8.32 Å². The summed E-state index contributed by atoms with van der Waals surface area (Å²) in [6, 6.07) is 14.7. The molecule has 108 valence electrons. The first-order chi connectivity index (χ1) is 9.26. The molecular weight excluding hydrogens is 248 g/mol. The molecule has 0 saturated carbocycles. The Morgan fingerprint density at radius 3 is 1.84 bits per heavy atom. The van der Waals surface area contributed by atoms with Gasteiger partial charge in [-0.25, -0.2) is 0 Å². The summed E-state index contributed by atoms with van der Waals surface area (Å²) in [5, 5.41) is 0. The van der Waals surface area contributed by atoms with Crippen molar-refractivity contribution in [2.45, 2.75) is 64.6 Å². The molecule has 0 atom stereocenters. The van der Waals surface area contributed by atoms with Gasteiger partial charge in [-0.2, -0.15) is 0 Å².